The van der Waals surface area contributed by atoms with Gasteiger partial charge >= 0.3 is 0 Å². The zero-order chi connectivity index (χ0) is 15.2. The van der Waals surface area contributed by atoms with Crippen LogP contribution in [0.3, 0.4) is 0 Å². The Morgan fingerprint density at radius 3 is 2.70 bits per heavy atom. The van der Waals surface area contributed by atoms with Gasteiger partial charge in [-0.25, -0.2) is 17.5 Å². The lowest BCUT2D eigenvalue weighted by Gasteiger charge is -2.09. The molecule has 3 N–H and O–H groups in total. The summed E-state index contributed by atoms with van der Waals surface area (Å²) in [6, 6.07) is 2.15. The molecule has 0 aliphatic heterocycles. The van der Waals surface area contributed by atoms with E-state index < -0.39 is 15.8 Å². The maximum Gasteiger partial charge on any atom is 0.241 e. The average Bonchev–Trinajstić information content (AvgIpc) is 2.37. The normalized spacial score (nSPS) is 11.8. The van der Waals surface area contributed by atoms with Crippen LogP contribution in [0.4, 0.5) is 10.1 Å². The minimum atomic E-state index is -3.70. The van der Waals surface area contributed by atoms with Gasteiger partial charge in [-0.2, -0.15) is 0 Å². The fraction of sp³-hybridized carbons (Fsp3) is 0.500. The molecule has 0 saturated carbocycles. The molecule has 0 unspecified atom stereocenters. The SMILES string of the molecule is COCCCCCNS(=O)(=O)c1cc(N)c(F)cc1Br. The molecule has 1 aromatic carbocycles. The average molecular weight is 369 g/mol. The molecule has 5 nitrogen and oxygen atoms in total. The first-order valence-electron chi connectivity index (χ1n) is 6.11. The Morgan fingerprint density at radius 1 is 1.35 bits per heavy atom. The number of halogens is 2. The second kappa shape index (κ2) is 7.92. The lowest BCUT2D eigenvalue weighted by atomic mass is 10.2. The molecular weight excluding hydrogens is 351 g/mol. The summed E-state index contributed by atoms with van der Waals surface area (Å²) in [6.07, 6.45) is 2.45. The lowest BCUT2D eigenvalue weighted by molar-refractivity contribution is 0.192. The Morgan fingerprint density at radius 2 is 2.05 bits per heavy atom. The van der Waals surface area contributed by atoms with Crippen molar-refractivity contribution in [2.75, 3.05) is 26.0 Å². The summed E-state index contributed by atoms with van der Waals surface area (Å²) in [6.45, 7) is 0.975. The van der Waals surface area contributed by atoms with Gasteiger partial charge in [0.15, 0.2) is 0 Å². The van der Waals surface area contributed by atoms with Crippen molar-refractivity contribution in [3.8, 4) is 0 Å². The second-order valence-electron chi connectivity index (χ2n) is 4.26. The van der Waals surface area contributed by atoms with Gasteiger partial charge in [-0.15, -0.1) is 0 Å². The molecule has 0 heterocycles. The highest BCUT2D eigenvalue weighted by Crippen LogP contribution is 2.26. The summed E-state index contributed by atoms with van der Waals surface area (Å²) >= 11 is 3.03. The molecule has 1 aromatic rings. The summed E-state index contributed by atoms with van der Waals surface area (Å²) in [4.78, 5) is -0.0618. The van der Waals surface area contributed by atoms with Gasteiger partial charge in [0.05, 0.1) is 10.6 Å². The number of unbranched alkanes of at least 4 members (excludes halogenated alkanes) is 2. The van der Waals surface area contributed by atoms with Crippen molar-refractivity contribution >= 4 is 31.6 Å². The fourth-order valence-corrected chi connectivity index (χ4v) is 3.70. The van der Waals surface area contributed by atoms with Gasteiger partial charge in [-0.1, -0.05) is 0 Å². The largest absolute Gasteiger partial charge is 0.396 e. The molecule has 0 aliphatic rings. The third kappa shape index (κ3) is 5.01. The predicted molar refractivity (Wildman–Crippen MR) is 79.4 cm³/mol. The van der Waals surface area contributed by atoms with Crippen molar-refractivity contribution < 1.29 is 17.5 Å². The van der Waals surface area contributed by atoms with Gasteiger partial charge in [0.25, 0.3) is 0 Å². The zero-order valence-electron chi connectivity index (χ0n) is 11.2. The molecule has 0 aromatic heterocycles. The lowest BCUT2D eigenvalue weighted by Crippen LogP contribution is -2.25. The zero-order valence-corrected chi connectivity index (χ0v) is 13.6. The van der Waals surface area contributed by atoms with Gasteiger partial charge in [-0.3, -0.25) is 0 Å². The fourth-order valence-electron chi connectivity index (χ4n) is 1.58. The highest BCUT2D eigenvalue weighted by atomic mass is 79.9. The van der Waals surface area contributed by atoms with Crippen LogP contribution in [-0.2, 0) is 14.8 Å². The van der Waals surface area contributed by atoms with E-state index in [2.05, 4.69) is 20.7 Å². The molecule has 0 bridgehead atoms. The first-order valence-corrected chi connectivity index (χ1v) is 8.39. The van der Waals surface area contributed by atoms with Gasteiger partial charge in [0.2, 0.25) is 10.0 Å². The topological polar surface area (TPSA) is 81.4 Å². The van der Waals surface area contributed by atoms with E-state index in [1.165, 1.54) is 0 Å². The summed E-state index contributed by atoms with van der Waals surface area (Å²) in [5, 5.41) is 0. The molecule has 0 saturated heterocycles. The number of rotatable bonds is 8. The van der Waals surface area contributed by atoms with Crippen LogP contribution in [-0.4, -0.2) is 28.7 Å². The first-order chi connectivity index (χ1) is 9.38. The number of hydrogen-bond acceptors (Lipinski definition) is 4. The van der Waals surface area contributed by atoms with Crippen LogP contribution in [0.5, 0.6) is 0 Å². The van der Waals surface area contributed by atoms with E-state index in [4.69, 9.17) is 10.5 Å². The summed E-state index contributed by atoms with van der Waals surface area (Å²) in [5.74, 6) is -0.657. The molecule has 0 spiro atoms. The van der Waals surface area contributed by atoms with Gasteiger partial charge in [0, 0.05) is 24.7 Å². The number of nitrogens with two attached hydrogens (primary N) is 1. The van der Waals surface area contributed by atoms with E-state index >= 15 is 0 Å². The molecule has 0 radical (unpaired) electrons. The minimum absolute atomic E-state index is 0.0618. The van der Waals surface area contributed by atoms with Gasteiger partial charge in [0.1, 0.15) is 5.82 Å². The Bertz CT molecular complexity index is 552. The number of nitrogen functional groups attached to an aromatic ring is 1. The number of sulfonamides is 1. The summed E-state index contributed by atoms with van der Waals surface area (Å²) in [5.41, 5.74) is 5.19. The monoisotopic (exact) mass is 368 g/mol. The van der Waals surface area contributed by atoms with Crippen molar-refractivity contribution in [2.24, 2.45) is 0 Å². The number of benzene rings is 1. The van der Waals surface area contributed by atoms with Crippen LogP contribution >= 0.6 is 15.9 Å². The highest BCUT2D eigenvalue weighted by Gasteiger charge is 2.19. The summed E-state index contributed by atoms with van der Waals surface area (Å²) < 4.78 is 44.8. The number of ether oxygens (including phenoxy) is 1. The molecule has 0 amide bonds. The maximum atomic E-state index is 13.2. The molecule has 20 heavy (non-hydrogen) atoms. The van der Waals surface area contributed by atoms with E-state index in [9.17, 15) is 12.8 Å². The van der Waals surface area contributed by atoms with Crippen LogP contribution in [0.1, 0.15) is 19.3 Å². The van der Waals surface area contributed by atoms with E-state index in [-0.39, 0.29) is 15.1 Å². The van der Waals surface area contributed by atoms with Crippen LogP contribution in [0, 0.1) is 5.82 Å². The molecule has 0 atom stereocenters. The number of nitrogens with one attached hydrogen (secondary N) is 1. The van der Waals surface area contributed by atoms with Crippen molar-refractivity contribution in [3.63, 3.8) is 0 Å². The van der Waals surface area contributed by atoms with E-state index in [0.29, 0.717) is 19.6 Å². The molecule has 0 aliphatic carbocycles. The maximum absolute atomic E-state index is 13.2. The Kier molecular flexibility index (Phi) is 6.87. The smallest absolute Gasteiger partial charge is 0.241 e. The minimum Gasteiger partial charge on any atom is -0.396 e. The quantitative estimate of drug-likeness (QED) is 0.544. The van der Waals surface area contributed by atoms with Crippen LogP contribution in [0.15, 0.2) is 21.5 Å². The second-order valence-corrected chi connectivity index (χ2v) is 6.85. The Balaban J connectivity index is 2.63. The van der Waals surface area contributed by atoms with Crippen molar-refractivity contribution in [1.29, 1.82) is 0 Å². The Labute approximate surface area is 126 Å². The number of anilines is 1. The molecule has 1 rings (SSSR count). The third-order valence-corrected chi connectivity index (χ3v) is 5.08. The molecular formula is C12H18BrFN2O3S. The van der Waals surface area contributed by atoms with Crippen molar-refractivity contribution in [2.45, 2.75) is 24.2 Å². The van der Waals surface area contributed by atoms with Gasteiger partial charge < -0.3 is 10.5 Å². The first kappa shape index (κ1) is 17.4. The Hall–Kier alpha value is -0.700. The molecule has 114 valence electrons. The van der Waals surface area contributed by atoms with Crippen molar-refractivity contribution in [1.82, 2.24) is 4.72 Å². The summed E-state index contributed by atoms with van der Waals surface area (Å²) in [7, 11) is -2.07. The number of methoxy groups -OCH3 is 1. The predicted octanol–water partition coefficient (Wildman–Crippen LogP) is 2.27. The van der Waals surface area contributed by atoms with Gasteiger partial charge in [-0.05, 0) is 47.3 Å². The van der Waals surface area contributed by atoms with Crippen LogP contribution < -0.4 is 10.5 Å². The van der Waals surface area contributed by atoms with Crippen LogP contribution in [0.2, 0.25) is 0 Å². The van der Waals surface area contributed by atoms with E-state index in [1.54, 1.807) is 7.11 Å². The van der Waals surface area contributed by atoms with Crippen molar-refractivity contribution in [3.05, 3.63) is 22.4 Å². The van der Waals surface area contributed by atoms with E-state index in [0.717, 1.165) is 25.0 Å². The number of hydrogen-bond donors (Lipinski definition) is 2. The highest BCUT2D eigenvalue weighted by molar-refractivity contribution is 9.10. The molecule has 8 heteroatoms. The van der Waals surface area contributed by atoms with E-state index in [1.807, 2.05) is 0 Å². The van der Waals surface area contributed by atoms with Crippen LogP contribution in [0.25, 0.3) is 0 Å². The third-order valence-electron chi connectivity index (χ3n) is 2.66. The standard InChI is InChI=1S/C12H18BrFN2O3S/c1-19-6-4-2-3-5-16-20(17,18)12-8-11(15)10(14)7-9(12)13/h7-8,16H,2-6,15H2,1H3. The molecule has 0 fully saturated rings.